The van der Waals surface area contributed by atoms with E-state index < -0.39 is 0 Å². The molecular formula is C19H27IN6O2. The highest BCUT2D eigenvalue weighted by molar-refractivity contribution is 14.0. The standard InChI is InChI=1S/C19H26N6O2.HI/c1-20-19(21-10-15-6-4-5-7-16(15)14-27-3)24-8-9-25(18(26)13-24)17-11-22-23(2)12-17;/h4-7,11-12H,8-10,13-14H2,1-3H3,(H,20,21);1H. The zero-order valence-corrected chi connectivity index (χ0v) is 18.8. The van der Waals surface area contributed by atoms with Crippen molar-refractivity contribution in [2.75, 3.05) is 38.7 Å². The minimum absolute atomic E-state index is 0. The van der Waals surface area contributed by atoms with Gasteiger partial charge in [-0.3, -0.25) is 14.5 Å². The molecule has 28 heavy (non-hydrogen) atoms. The van der Waals surface area contributed by atoms with Crippen molar-refractivity contribution >= 4 is 41.5 Å². The highest BCUT2D eigenvalue weighted by Gasteiger charge is 2.27. The van der Waals surface area contributed by atoms with Crippen LogP contribution in [0.2, 0.25) is 0 Å². The van der Waals surface area contributed by atoms with Gasteiger partial charge in [0, 0.05) is 47.0 Å². The minimum atomic E-state index is 0. The molecule has 0 bridgehead atoms. The summed E-state index contributed by atoms with van der Waals surface area (Å²) in [4.78, 5) is 20.7. The van der Waals surface area contributed by atoms with Gasteiger partial charge in [0.2, 0.25) is 5.91 Å². The van der Waals surface area contributed by atoms with Crippen LogP contribution in [0.3, 0.4) is 0 Å². The monoisotopic (exact) mass is 498 g/mol. The molecule has 1 aromatic heterocycles. The summed E-state index contributed by atoms with van der Waals surface area (Å²) in [5.74, 6) is 0.762. The Morgan fingerprint density at radius 1 is 1.29 bits per heavy atom. The Morgan fingerprint density at radius 3 is 2.64 bits per heavy atom. The number of ether oxygens (including phenoxy) is 1. The Bertz CT molecular complexity index is 822. The number of guanidine groups is 1. The van der Waals surface area contributed by atoms with E-state index in [4.69, 9.17) is 4.74 Å². The van der Waals surface area contributed by atoms with Gasteiger partial charge < -0.3 is 19.9 Å². The maximum atomic E-state index is 12.6. The second kappa shape index (κ2) is 10.4. The molecule has 0 radical (unpaired) electrons. The topological polar surface area (TPSA) is 75.0 Å². The lowest BCUT2D eigenvalue weighted by Crippen LogP contribution is -2.55. The molecule has 1 aromatic carbocycles. The number of hydrogen-bond acceptors (Lipinski definition) is 4. The third-order valence-corrected chi connectivity index (χ3v) is 4.59. The van der Waals surface area contributed by atoms with E-state index >= 15 is 0 Å². The lowest BCUT2D eigenvalue weighted by Gasteiger charge is -2.35. The number of piperazine rings is 1. The van der Waals surface area contributed by atoms with Crippen LogP contribution in [0.5, 0.6) is 0 Å². The Morgan fingerprint density at radius 2 is 2.04 bits per heavy atom. The summed E-state index contributed by atoms with van der Waals surface area (Å²) in [6.45, 7) is 2.79. The molecule has 3 rings (SSSR count). The van der Waals surface area contributed by atoms with Crippen molar-refractivity contribution in [1.29, 1.82) is 0 Å². The Hall–Kier alpha value is -2.14. The predicted molar refractivity (Wildman–Crippen MR) is 120 cm³/mol. The van der Waals surface area contributed by atoms with Crippen molar-refractivity contribution in [1.82, 2.24) is 20.0 Å². The van der Waals surface area contributed by atoms with Crippen LogP contribution >= 0.6 is 24.0 Å². The summed E-state index contributed by atoms with van der Waals surface area (Å²) in [6.07, 6.45) is 3.57. The maximum absolute atomic E-state index is 12.6. The first-order valence-electron chi connectivity index (χ1n) is 8.92. The van der Waals surface area contributed by atoms with Crippen LogP contribution < -0.4 is 10.2 Å². The number of aliphatic imine (C=N–C) groups is 1. The largest absolute Gasteiger partial charge is 0.380 e. The van der Waals surface area contributed by atoms with E-state index in [9.17, 15) is 4.79 Å². The van der Waals surface area contributed by atoms with Crippen LogP contribution in [-0.4, -0.2) is 60.3 Å². The zero-order chi connectivity index (χ0) is 19.2. The Kier molecular flexibility index (Phi) is 8.24. The summed E-state index contributed by atoms with van der Waals surface area (Å²) in [6, 6.07) is 8.14. The number of carbonyl (C=O) groups is 1. The number of anilines is 1. The van der Waals surface area contributed by atoms with Gasteiger partial charge in [0.05, 0.1) is 18.5 Å². The lowest BCUT2D eigenvalue weighted by atomic mass is 10.1. The van der Waals surface area contributed by atoms with E-state index in [0.717, 1.165) is 22.8 Å². The second-order valence-corrected chi connectivity index (χ2v) is 6.44. The van der Waals surface area contributed by atoms with Crippen molar-refractivity contribution in [3.05, 3.63) is 47.8 Å². The van der Waals surface area contributed by atoms with Crippen molar-refractivity contribution in [3.8, 4) is 0 Å². The molecule has 0 aliphatic carbocycles. The van der Waals surface area contributed by atoms with E-state index in [1.165, 1.54) is 0 Å². The molecule has 1 saturated heterocycles. The van der Waals surface area contributed by atoms with Crippen molar-refractivity contribution in [2.24, 2.45) is 12.0 Å². The number of methoxy groups -OCH3 is 1. The maximum Gasteiger partial charge on any atom is 0.246 e. The molecule has 8 nitrogen and oxygen atoms in total. The number of aromatic nitrogens is 2. The van der Waals surface area contributed by atoms with Gasteiger partial charge in [-0.05, 0) is 11.1 Å². The van der Waals surface area contributed by atoms with Gasteiger partial charge in [-0.2, -0.15) is 5.10 Å². The van der Waals surface area contributed by atoms with E-state index in [1.807, 2.05) is 30.3 Å². The van der Waals surface area contributed by atoms with Gasteiger partial charge in [-0.15, -0.1) is 24.0 Å². The number of hydrogen-bond donors (Lipinski definition) is 1. The van der Waals surface area contributed by atoms with Crippen LogP contribution in [-0.2, 0) is 29.7 Å². The number of benzene rings is 1. The predicted octanol–water partition coefficient (Wildman–Crippen LogP) is 1.61. The number of halogens is 1. The van der Waals surface area contributed by atoms with Crippen LogP contribution in [0.25, 0.3) is 0 Å². The van der Waals surface area contributed by atoms with Crippen LogP contribution in [0, 0.1) is 0 Å². The molecule has 1 N–H and O–H groups in total. The summed E-state index contributed by atoms with van der Waals surface area (Å²) in [5.41, 5.74) is 3.12. The first-order chi connectivity index (χ1) is 13.1. The number of rotatable bonds is 5. The Labute approximate surface area is 182 Å². The highest BCUT2D eigenvalue weighted by atomic mass is 127. The average molecular weight is 498 g/mol. The van der Waals surface area contributed by atoms with Crippen molar-refractivity contribution < 1.29 is 9.53 Å². The second-order valence-electron chi connectivity index (χ2n) is 6.44. The average Bonchev–Trinajstić information content (AvgIpc) is 3.10. The van der Waals surface area contributed by atoms with Gasteiger partial charge in [0.15, 0.2) is 5.96 Å². The third-order valence-electron chi connectivity index (χ3n) is 4.59. The Balaban J connectivity index is 0.00000280. The van der Waals surface area contributed by atoms with Crippen molar-refractivity contribution in [3.63, 3.8) is 0 Å². The van der Waals surface area contributed by atoms with Gasteiger partial charge in [0.1, 0.15) is 6.54 Å². The SMILES string of the molecule is CN=C(NCc1ccccc1COC)N1CCN(c2cnn(C)c2)C(=O)C1.I. The van der Waals surface area contributed by atoms with E-state index in [0.29, 0.717) is 26.2 Å². The number of carbonyl (C=O) groups excluding carboxylic acids is 1. The van der Waals surface area contributed by atoms with Gasteiger partial charge in [-0.1, -0.05) is 24.3 Å². The molecule has 2 heterocycles. The minimum Gasteiger partial charge on any atom is -0.380 e. The molecule has 0 atom stereocenters. The molecule has 152 valence electrons. The smallest absolute Gasteiger partial charge is 0.246 e. The summed E-state index contributed by atoms with van der Waals surface area (Å²) < 4.78 is 6.96. The normalized spacial score (nSPS) is 14.8. The van der Waals surface area contributed by atoms with E-state index in [1.54, 1.807) is 29.9 Å². The fourth-order valence-corrected chi connectivity index (χ4v) is 3.21. The molecule has 9 heteroatoms. The summed E-state index contributed by atoms with van der Waals surface area (Å²) >= 11 is 0. The first kappa shape index (κ1) is 22.2. The van der Waals surface area contributed by atoms with Gasteiger partial charge >= 0.3 is 0 Å². The van der Waals surface area contributed by atoms with Gasteiger partial charge in [-0.25, -0.2) is 0 Å². The molecule has 0 saturated carbocycles. The fourth-order valence-electron chi connectivity index (χ4n) is 3.21. The third kappa shape index (κ3) is 5.22. The van der Waals surface area contributed by atoms with Crippen LogP contribution in [0.15, 0.2) is 41.7 Å². The van der Waals surface area contributed by atoms with E-state index in [-0.39, 0.29) is 36.4 Å². The summed E-state index contributed by atoms with van der Waals surface area (Å²) in [5, 5.41) is 7.51. The zero-order valence-electron chi connectivity index (χ0n) is 16.5. The first-order valence-corrected chi connectivity index (χ1v) is 8.92. The fraction of sp³-hybridized carbons (Fsp3) is 0.421. The van der Waals surface area contributed by atoms with E-state index in [2.05, 4.69) is 27.5 Å². The molecule has 1 aliphatic rings. The van der Waals surface area contributed by atoms with Crippen LogP contribution in [0.1, 0.15) is 11.1 Å². The van der Waals surface area contributed by atoms with Gasteiger partial charge in [0.25, 0.3) is 0 Å². The number of nitrogens with one attached hydrogen (secondary N) is 1. The molecule has 1 aliphatic heterocycles. The number of aryl methyl sites for hydroxylation is 1. The highest BCUT2D eigenvalue weighted by Crippen LogP contribution is 2.16. The number of nitrogens with zero attached hydrogens (tertiary/aromatic N) is 5. The molecule has 0 unspecified atom stereocenters. The molecule has 2 aromatic rings. The molecule has 0 spiro atoms. The molecule has 1 amide bonds. The van der Waals surface area contributed by atoms with Crippen molar-refractivity contribution in [2.45, 2.75) is 13.2 Å². The lowest BCUT2D eigenvalue weighted by molar-refractivity contribution is -0.120. The quantitative estimate of drug-likeness (QED) is 0.385. The molecule has 1 fully saturated rings. The summed E-state index contributed by atoms with van der Waals surface area (Å²) in [7, 11) is 5.27. The molecular weight excluding hydrogens is 471 g/mol. The number of amides is 1. The van der Waals surface area contributed by atoms with Crippen LogP contribution in [0.4, 0.5) is 5.69 Å².